The number of ether oxygens (including phenoxy) is 2. The molecule has 1 aromatic carbocycles. The summed E-state index contributed by atoms with van der Waals surface area (Å²) in [6, 6.07) is 5.01. The van der Waals surface area contributed by atoms with Crippen LogP contribution in [0.5, 0.6) is 0 Å². The molecule has 174 valence electrons. The van der Waals surface area contributed by atoms with Gasteiger partial charge < -0.3 is 19.4 Å². The number of esters is 1. The molecule has 0 radical (unpaired) electrons. The van der Waals surface area contributed by atoms with Crippen LogP contribution in [-0.2, 0) is 24.3 Å². The molecule has 0 bridgehead atoms. The molecule has 1 amide bonds. The third-order valence-corrected chi connectivity index (χ3v) is 7.04. The summed E-state index contributed by atoms with van der Waals surface area (Å²) < 4.78 is 37.7. The quantitative estimate of drug-likeness (QED) is 0.604. The van der Waals surface area contributed by atoms with Gasteiger partial charge >= 0.3 is 5.97 Å². The highest BCUT2D eigenvalue weighted by Gasteiger charge is 2.28. The normalized spacial score (nSPS) is 15.1. The molecular formula is C21H27N3O7S. The van der Waals surface area contributed by atoms with Gasteiger partial charge in [-0.25, -0.2) is 8.42 Å². The molecule has 10 nitrogen and oxygen atoms in total. The van der Waals surface area contributed by atoms with E-state index in [0.29, 0.717) is 18.7 Å². The van der Waals surface area contributed by atoms with E-state index >= 15 is 0 Å². The van der Waals surface area contributed by atoms with Crippen molar-refractivity contribution in [2.75, 3.05) is 39.5 Å². The van der Waals surface area contributed by atoms with Crippen LogP contribution >= 0.6 is 0 Å². The Bertz CT molecular complexity index is 1170. The molecule has 2 heterocycles. The number of aromatic nitrogens is 1. The summed E-state index contributed by atoms with van der Waals surface area (Å²) in [5.41, 5.74) is -0.174. The van der Waals surface area contributed by atoms with Gasteiger partial charge in [0.1, 0.15) is 6.54 Å². The van der Waals surface area contributed by atoms with Crippen molar-refractivity contribution in [2.24, 2.45) is 0 Å². The van der Waals surface area contributed by atoms with Crippen molar-refractivity contribution < 1.29 is 27.5 Å². The molecule has 1 N–H and O–H groups in total. The van der Waals surface area contributed by atoms with Crippen molar-refractivity contribution in [2.45, 2.75) is 31.7 Å². The number of hydrogen-bond donors (Lipinski definition) is 1. The number of carbonyl (C=O) groups excluding carboxylic acids is 2. The molecule has 0 saturated carbocycles. The fraction of sp³-hybridized carbons (Fsp3) is 0.476. The Hall–Kier alpha value is -2.76. The molecule has 1 saturated heterocycles. The van der Waals surface area contributed by atoms with Crippen molar-refractivity contribution in [1.82, 2.24) is 14.2 Å². The molecule has 1 aliphatic heterocycles. The Morgan fingerprint density at radius 2 is 1.91 bits per heavy atom. The smallest absolute Gasteiger partial charge is 0.325 e. The predicted molar refractivity (Wildman–Crippen MR) is 117 cm³/mol. The number of rotatable bonds is 7. The summed E-state index contributed by atoms with van der Waals surface area (Å²) in [7, 11) is -3.81. The lowest BCUT2D eigenvalue weighted by molar-refractivity contribution is -0.144. The summed E-state index contributed by atoms with van der Waals surface area (Å²) >= 11 is 0. The standard InChI is InChI=1S/C21H27N3O7S/c1-4-31-20(26)13-24(14(2)3)21(27)17-12-19(25)22-18-6-5-15(11-16(17)18)32(28,29)23-7-9-30-10-8-23/h5-6,11-12,14H,4,7-10,13H2,1-3H3,(H,22,25). The van der Waals surface area contributed by atoms with Gasteiger partial charge in [0.15, 0.2) is 0 Å². The second-order valence-electron chi connectivity index (χ2n) is 7.60. The van der Waals surface area contributed by atoms with Gasteiger partial charge in [0, 0.05) is 36.1 Å². The molecule has 0 atom stereocenters. The third kappa shape index (κ3) is 5.00. The number of nitrogens with zero attached hydrogens (tertiary/aromatic N) is 2. The van der Waals surface area contributed by atoms with Gasteiger partial charge in [-0.2, -0.15) is 4.31 Å². The molecule has 3 rings (SSSR count). The Balaban J connectivity index is 2.07. The molecule has 11 heteroatoms. The van der Waals surface area contributed by atoms with Crippen LogP contribution < -0.4 is 5.56 Å². The predicted octanol–water partition coefficient (Wildman–Crippen LogP) is 0.963. The fourth-order valence-electron chi connectivity index (χ4n) is 3.50. The van der Waals surface area contributed by atoms with Crippen molar-refractivity contribution in [3.8, 4) is 0 Å². The number of fused-ring (bicyclic) bond motifs is 1. The Labute approximate surface area is 186 Å². The first kappa shape index (κ1) is 23.9. The Morgan fingerprint density at radius 1 is 1.22 bits per heavy atom. The number of amides is 1. The van der Waals surface area contributed by atoms with E-state index < -0.39 is 27.5 Å². The molecular weight excluding hydrogens is 438 g/mol. The maximum Gasteiger partial charge on any atom is 0.325 e. The average Bonchev–Trinajstić information content (AvgIpc) is 2.76. The second-order valence-corrected chi connectivity index (χ2v) is 9.54. The highest BCUT2D eigenvalue weighted by Crippen LogP contribution is 2.24. The SMILES string of the molecule is CCOC(=O)CN(C(=O)c1cc(=O)[nH]c2ccc(S(=O)(=O)N3CCOCC3)cc12)C(C)C. The zero-order valence-corrected chi connectivity index (χ0v) is 19.1. The highest BCUT2D eigenvalue weighted by molar-refractivity contribution is 7.89. The van der Waals surface area contributed by atoms with Gasteiger partial charge in [0.25, 0.3) is 5.91 Å². The van der Waals surface area contributed by atoms with Crippen LogP contribution in [0.15, 0.2) is 34.0 Å². The molecule has 2 aromatic rings. The molecule has 0 aliphatic carbocycles. The molecule has 0 spiro atoms. The number of nitrogens with one attached hydrogen (secondary N) is 1. The van der Waals surface area contributed by atoms with E-state index in [4.69, 9.17) is 9.47 Å². The maximum atomic E-state index is 13.3. The highest BCUT2D eigenvalue weighted by atomic mass is 32.2. The molecule has 0 unspecified atom stereocenters. The van der Waals surface area contributed by atoms with E-state index in [0.717, 1.165) is 6.07 Å². The molecule has 1 aromatic heterocycles. The first-order chi connectivity index (χ1) is 15.1. The molecule has 1 fully saturated rings. The average molecular weight is 466 g/mol. The van der Waals surface area contributed by atoms with E-state index in [9.17, 15) is 22.8 Å². The van der Waals surface area contributed by atoms with Gasteiger partial charge in [-0.1, -0.05) is 0 Å². The Morgan fingerprint density at radius 3 is 2.53 bits per heavy atom. The zero-order valence-electron chi connectivity index (χ0n) is 18.3. The van der Waals surface area contributed by atoms with Crippen LogP contribution in [0.4, 0.5) is 0 Å². The van der Waals surface area contributed by atoms with Gasteiger partial charge in [-0.05, 0) is 39.0 Å². The summed E-state index contributed by atoms with van der Waals surface area (Å²) in [5, 5.41) is 0.276. The number of hydrogen-bond acceptors (Lipinski definition) is 7. The monoisotopic (exact) mass is 465 g/mol. The number of H-pyrrole nitrogens is 1. The number of sulfonamides is 1. The van der Waals surface area contributed by atoms with E-state index in [-0.39, 0.29) is 48.1 Å². The fourth-order valence-corrected chi connectivity index (χ4v) is 4.93. The molecule has 1 aliphatic rings. The maximum absolute atomic E-state index is 13.3. The summed E-state index contributed by atoms with van der Waals surface area (Å²) in [6.07, 6.45) is 0. The lowest BCUT2D eigenvalue weighted by atomic mass is 10.1. The van der Waals surface area contributed by atoms with E-state index in [1.165, 1.54) is 27.4 Å². The minimum absolute atomic E-state index is 0.00879. The first-order valence-corrected chi connectivity index (χ1v) is 11.8. The number of benzene rings is 1. The minimum Gasteiger partial charge on any atom is -0.465 e. The zero-order chi connectivity index (χ0) is 23.5. The van der Waals surface area contributed by atoms with E-state index in [1.54, 1.807) is 20.8 Å². The van der Waals surface area contributed by atoms with Crippen LogP contribution in [0.2, 0.25) is 0 Å². The second kappa shape index (κ2) is 9.80. The van der Waals surface area contributed by atoms with E-state index in [2.05, 4.69) is 4.98 Å². The van der Waals surface area contributed by atoms with Crippen LogP contribution in [0, 0.1) is 0 Å². The lowest BCUT2D eigenvalue weighted by Crippen LogP contribution is -2.41. The van der Waals surface area contributed by atoms with Gasteiger partial charge in [-0.15, -0.1) is 0 Å². The summed E-state index contributed by atoms with van der Waals surface area (Å²) in [6.45, 7) is 6.11. The molecule has 32 heavy (non-hydrogen) atoms. The largest absolute Gasteiger partial charge is 0.465 e. The Kier molecular flexibility index (Phi) is 7.32. The van der Waals surface area contributed by atoms with Crippen molar-refractivity contribution in [3.05, 3.63) is 40.2 Å². The van der Waals surface area contributed by atoms with Gasteiger partial charge in [0.2, 0.25) is 15.6 Å². The third-order valence-electron chi connectivity index (χ3n) is 5.14. The minimum atomic E-state index is -3.81. The first-order valence-electron chi connectivity index (χ1n) is 10.4. The van der Waals surface area contributed by atoms with Crippen LogP contribution in [0.3, 0.4) is 0 Å². The summed E-state index contributed by atoms with van der Waals surface area (Å²) in [5.74, 6) is -1.13. The van der Waals surface area contributed by atoms with Crippen molar-refractivity contribution in [1.29, 1.82) is 0 Å². The van der Waals surface area contributed by atoms with Crippen molar-refractivity contribution in [3.63, 3.8) is 0 Å². The van der Waals surface area contributed by atoms with E-state index in [1.807, 2.05) is 0 Å². The summed E-state index contributed by atoms with van der Waals surface area (Å²) in [4.78, 5) is 41.5. The van der Waals surface area contributed by atoms with Crippen molar-refractivity contribution >= 4 is 32.8 Å². The van der Waals surface area contributed by atoms with Crippen LogP contribution in [0.25, 0.3) is 10.9 Å². The van der Waals surface area contributed by atoms with Crippen LogP contribution in [-0.4, -0.2) is 80.0 Å². The number of pyridine rings is 1. The van der Waals surface area contributed by atoms with Gasteiger partial charge in [-0.3, -0.25) is 14.4 Å². The number of carbonyl (C=O) groups is 2. The lowest BCUT2D eigenvalue weighted by Gasteiger charge is -2.27. The van der Waals surface area contributed by atoms with Gasteiger partial charge in [0.05, 0.1) is 30.3 Å². The topological polar surface area (TPSA) is 126 Å². The van der Waals surface area contributed by atoms with Crippen LogP contribution in [0.1, 0.15) is 31.1 Å². The number of morpholine rings is 1. The number of aromatic amines is 1.